The number of nitrogens with one attached hydrogen (secondary N) is 3. The van der Waals surface area contributed by atoms with Gasteiger partial charge in [-0.2, -0.15) is 0 Å². The summed E-state index contributed by atoms with van der Waals surface area (Å²) in [5, 5.41) is 6.21. The Bertz CT molecular complexity index is 1670. The first-order valence-corrected chi connectivity index (χ1v) is 20.0. The van der Waals surface area contributed by atoms with Gasteiger partial charge < -0.3 is 15.5 Å². The number of benzene rings is 2. The molecule has 0 saturated heterocycles. The Labute approximate surface area is 314 Å². The largest absolute Gasteiger partial charge is 0.342 e. The molecule has 0 heterocycles. The topological polar surface area (TPSA) is 125 Å². The van der Waals surface area contributed by atoms with Crippen molar-refractivity contribution in [2.45, 2.75) is 143 Å². The van der Waals surface area contributed by atoms with Gasteiger partial charge in [0.05, 0.1) is 17.0 Å². The van der Waals surface area contributed by atoms with Crippen LogP contribution in [0, 0.1) is 11.3 Å². The van der Waals surface area contributed by atoms with E-state index in [2.05, 4.69) is 29.2 Å². The molecule has 0 aliphatic carbocycles. The summed E-state index contributed by atoms with van der Waals surface area (Å²) in [6.45, 7) is 27.0. The van der Waals surface area contributed by atoms with Crippen LogP contribution >= 0.6 is 0 Å². The van der Waals surface area contributed by atoms with Crippen molar-refractivity contribution in [3.05, 3.63) is 76.4 Å². The van der Waals surface area contributed by atoms with E-state index in [9.17, 15) is 22.8 Å². The van der Waals surface area contributed by atoms with Gasteiger partial charge in [0, 0.05) is 18.0 Å². The van der Waals surface area contributed by atoms with E-state index in [1.165, 1.54) is 0 Å². The van der Waals surface area contributed by atoms with E-state index in [0.29, 0.717) is 11.1 Å². The van der Waals surface area contributed by atoms with Crippen molar-refractivity contribution in [1.29, 1.82) is 0 Å². The highest BCUT2D eigenvalue weighted by Gasteiger charge is 2.42. The fourth-order valence-electron chi connectivity index (χ4n) is 6.62. The number of sulfonamides is 1. The Morgan fingerprint density at radius 3 is 1.69 bits per heavy atom. The smallest absolute Gasteiger partial charge is 0.264 e. The molecule has 3 unspecified atom stereocenters. The molecule has 0 aliphatic heterocycles. The van der Waals surface area contributed by atoms with E-state index >= 15 is 0 Å². The van der Waals surface area contributed by atoms with Crippen LogP contribution in [0.4, 0.5) is 0 Å². The van der Waals surface area contributed by atoms with E-state index in [1.807, 2.05) is 119 Å². The van der Waals surface area contributed by atoms with Crippen LogP contribution in [-0.2, 0) is 29.8 Å². The molecule has 10 heteroatoms. The SMILES string of the molecule is CNC(C(=O)NC(C(=O)N(C)C(/C=C(\C)C(=O)NS(=O)(=O)c1c(C(C)C)cc(C(C)C)cc1C(C)C)C(C)C)C(C)(C)C)C(C)(C)c1ccccc1. The van der Waals surface area contributed by atoms with Crippen LogP contribution in [0.15, 0.2) is 59.0 Å². The summed E-state index contributed by atoms with van der Waals surface area (Å²) in [5.41, 5.74) is 2.29. The van der Waals surface area contributed by atoms with Crippen LogP contribution in [0.5, 0.6) is 0 Å². The normalized spacial score (nSPS) is 14.8. The second kappa shape index (κ2) is 17.5. The van der Waals surface area contributed by atoms with Gasteiger partial charge in [0.2, 0.25) is 11.8 Å². The highest BCUT2D eigenvalue weighted by molar-refractivity contribution is 7.90. The molecule has 0 spiro atoms. The van der Waals surface area contributed by atoms with Crippen molar-refractivity contribution in [3.8, 4) is 0 Å². The molecule has 9 nitrogen and oxygen atoms in total. The third kappa shape index (κ3) is 10.6. The third-order valence-corrected chi connectivity index (χ3v) is 11.5. The summed E-state index contributed by atoms with van der Waals surface area (Å²) in [5.74, 6) is -1.51. The Hall–Kier alpha value is -3.50. The van der Waals surface area contributed by atoms with Gasteiger partial charge in [0.15, 0.2) is 0 Å². The number of likely N-dealkylation sites (N-methyl/N-ethyl adjacent to an activating group) is 2. The average molecular weight is 739 g/mol. The van der Waals surface area contributed by atoms with Gasteiger partial charge in [0.25, 0.3) is 15.9 Å². The molecule has 0 bridgehead atoms. The van der Waals surface area contributed by atoms with Crippen molar-refractivity contribution in [3.63, 3.8) is 0 Å². The lowest BCUT2D eigenvalue weighted by atomic mass is 9.76. The second-order valence-corrected chi connectivity index (χ2v) is 18.7. The summed E-state index contributed by atoms with van der Waals surface area (Å²) in [6, 6.07) is 11.5. The number of carbonyl (C=O) groups is 3. The summed E-state index contributed by atoms with van der Waals surface area (Å²) in [7, 11) is -0.869. The fourth-order valence-corrected chi connectivity index (χ4v) is 8.33. The number of rotatable bonds is 15. The highest BCUT2D eigenvalue weighted by atomic mass is 32.2. The molecular weight excluding hydrogens is 673 g/mol. The minimum atomic E-state index is -4.25. The standard InChI is InChI=1S/C42H66N4O5S/c1-25(2)30-23-32(26(3)4)35(33(24-30)27(5)6)52(50,51)45-38(47)29(9)22-34(28(7)8)46(16)40(49)37(41(10,11)12)44-39(48)36(43-15)42(13,14)31-20-18-17-19-21-31/h17-28,34,36-37,43H,1-16H3,(H,44,48)(H,45,47)/b29-22+. The van der Waals surface area contributed by atoms with Gasteiger partial charge in [-0.1, -0.05) is 139 Å². The zero-order chi connectivity index (χ0) is 40.1. The van der Waals surface area contributed by atoms with Gasteiger partial charge >= 0.3 is 0 Å². The molecule has 52 heavy (non-hydrogen) atoms. The monoisotopic (exact) mass is 738 g/mol. The fraction of sp³-hybridized carbons (Fsp3) is 0.595. The van der Waals surface area contributed by atoms with Crippen molar-refractivity contribution in [2.24, 2.45) is 11.3 Å². The van der Waals surface area contributed by atoms with E-state index in [-0.39, 0.29) is 46.0 Å². The Morgan fingerprint density at radius 1 is 0.788 bits per heavy atom. The maximum absolute atomic E-state index is 14.3. The second-order valence-electron chi connectivity index (χ2n) is 17.1. The molecule has 3 amide bonds. The van der Waals surface area contributed by atoms with E-state index in [4.69, 9.17) is 0 Å². The molecule has 2 aromatic rings. The lowest BCUT2D eigenvalue weighted by molar-refractivity contribution is -0.140. The summed E-state index contributed by atoms with van der Waals surface area (Å²) >= 11 is 0. The van der Waals surface area contributed by atoms with E-state index in [0.717, 1.165) is 11.1 Å². The lowest BCUT2D eigenvalue weighted by Crippen LogP contribution is -2.61. The van der Waals surface area contributed by atoms with Crippen molar-refractivity contribution < 1.29 is 22.8 Å². The molecular formula is C42H66N4O5S. The Balaban J connectivity index is 2.47. The minimum absolute atomic E-state index is 0.0939. The Kier molecular flexibility index (Phi) is 15.1. The quantitative estimate of drug-likeness (QED) is 0.164. The molecule has 0 aromatic heterocycles. The molecule has 3 atom stereocenters. The number of hydrogen-bond acceptors (Lipinski definition) is 6. The van der Waals surface area contributed by atoms with Crippen LogP contribution in [-0.4, -0.2) is 63.3 Å². The maximum Gasteiger partial charge on any atom is 0.264 e. The first-order valence-electron chi connectivity index (χ1n) is 18.5. The number of amides is 3. The summed E-state index contributed by atoms with van der Waals surface area (Å²) in [4.78, 5) is 43.6. The van der Waals surface area contributed by atoms with Crippen LogP contribution in [0.1, 0.15) is 137 Å². The Morgan fingerprint density at radius 2 is 1.29 bits per heavy atom. The van der Waals surface area contributed by atoms with Crippen molar-refractivity contribution in [1.82, 2.24) is 20.3 Å². The molecule has 290 valence electrons. The van der Waals surface area contributed by atoms with E-state index < -0.39 is 44.9 Å². The first kappa shape index (κ1) is 44.7. The molecule has 0 saturated carbocycles. The molecule has 0 fully saturated rings. The van der Waals surface area contributed by atoms with Gasteiger partial charge in [0.1, 0.15) is 6.04 Å². The number of nitrogens with zero attached hydrogens (tertiary/aromatic N) is 1. The maximum atomic E-state index is 14.3. The highest BCUT2D eigenvalue weighted by Crippen LogP contribution is 2.35. The van der Waals surface area contributed by atoms with Gasteiger partial charge in [-0.3, -0.25) is 14.4 Å². The number of hydrogen-bond donors (Lipinski definition) is 3. The van der Waals surface area contributed by atoms with Gasteiger partial charge in [-0.25, -0.2) is 13.1 Å². The van der Waals surface area contributed by atoms with E-state index in [1.54, 1.807) is 32.0 Å². The molecule has 2 rings (SSSR count). The predicted octanol–water partition coefficient (Wildman–Crippen LogP) is 7.39. The van der Waals surface area contributed by atoms with Crippen molar-refractivity contribution >= 4 is 27.7 Å². The van der Waals surface area contributed by atoms with Crippen molar-refractivity contribution in [2.75, 3.05) is 14.1 Å². The zero-order valence-corrected chi connectivity index (χ0v) is 35.4. The van der Waals surface area contributed by atoms with Crippen LogP contribution < -0.4 is 15.4 Å². The molecule has 0 radical (unpaired) electrons. The van der Waals surface area contributed by atoms with Gasteiger partial charge in [-0.15, -0.1) is 0 Å². The van der Waals surface area contributed by atoms with Gasteiger partial charge in [-0.05, 0) is 65.3 Å². The lowest BCUT2D eigenvalue weighted by Gasteiger charge is -2.40. The predicted molar refractivity (Wildman–Crippen MR) is 213 cm³/mol. The molecule has 0 aliphatic rings. The molecule has 3 N–H and O–H groups in total. The van der Waals surface area contributed by atoms with Crippen LogP contribution in [0.25, 0.3) is 0 Å². The third-order valence-electron chi connectivity index (χ3n) is 10.0. The zero-order valence-electron chi connectivity index (χ0n) is 34.6. The average Bonchev–Trinajstić information content (AvgIpc) is 3.04. The molecule has 2 aromatic carbocycles. The minimum Gasteiger partial charge on any atom is -0.342 e. The van der Waals surface area contributed by atoms with Crippen LogP contribution in [0.2, 0.25) is 0 Å². The number of carbonyl (C=O) groups excluding carboxylic acids is 3. The first-order chi connectivity index (χ1) is 23.8. The summed E-state index contributed by atoms with van der Waals surface area (Å²) < 4.78 is 30.4. The summed E-state index contributed by atoms with van der Waals surface area (Å²) in [6.07, 6.45) is 1.64. The van der Waals surface area contributed by atoms with Crippen LogP contribution in [0.3, 0.4) is 0 Å².